The van der Waals surface area contributed by atoms with Crippen LogP contribution in [0, 0.1) is 5.92 Å². The molecule has 1 aromatic carbocycles. The van der Waals surface area contributed by atoms with Gasteiger partial charge in [-0.15, -0.1) is 0 Å². The summed E-state index contributed by atoms with van der Waals surface area (Å²) in [5, 5.41) is 4.39. The van der Waals surface area contributed by atoms with E-state index in [4.69, 9.17) is 15.2 Å². The van der Waals surface area contributed by atoms with Crippen LogP contribution in [0.3, 0.4) is 0 Å². The Hall–Kier alpha value is -2.83. The maximum Gasteiger partial charge on any atom is 0.252 e. The van der Waals surface area contributed by atoms with E-state index in [1.165, 1.54) is 7.11 Å². The number of hydrogen-bond acceptors (Lipinski definition) is 5. The van der Waals surface area contributed by atoms with Gasteiger partial charge in [0.25, 0.3) is 5.91 Å². The molecule has 7 heteroatoms. The largest absolute Gasteiger partial charge is 0.496 e. The molecule has 2 aromatic rings. The fraction of sp³-hybridized carbons (Fsp3) is 0.353. The maximum absolute atomic E-state index is 11.6. The molecule has 0 radical (unpaired) electrons. The Bertz CT molecular complexity index is 806. The third kappa shape index (κ3) is 2.97. The van der Waals surface area contributed by atoms with Gasteiger partial charge < -0.3 is 20.5 Å². The number of primary amides is 1. The van der Waals surface area contributed by atoms with Crippen LogP contribution in [-0.4, -0.2) is 36.6 Å². The van der Waals surface area contributed by atoms with E-state index in [2.05, 4.69) is 10.3 Å². The predicted octanol–water partition coefficient (Wildman–Crippen LogP) is 1.25. The van der Waals surface area contributed by atoms with E-state index >= 15 is 0 Å². The van der Waals surface area contributed by atoms with Crippen molar-refractivity contribution < 1.29 is 19.1 Å². The van der Waals surface area contributed by atoms with Gasteiger partial charge in [0, 0.05) is 17.5 Å². The number of amides is 2. The Morgan fingerprint density at radius 2 is 2.25 bits per heavy atom. The number of aromatic nitrogens is 1. The normalized spacial score (nSPS) is 20.0. The van der Waals surface area contributed by atoms with E-state index in [1.807, 2.05) is 6.92 Å². The van der Waals surface area contributed by atoms with Gasteiger partial charge in [-0.25, -0.2) is 4.98 Å². The first-order valence-electron chi connectivity index (χ1n) is 7.69. The van der Waals surface area contributed by atoms with Crippen LogP contribution < -0.4 is 20.5 Å². The van der Waals surface area contributed by atoms with Gasteiger partial charge in [0.2, 0.25) is 11.8 Å². The number of carbonyl (C=O) groups is 2. The molecule has 24 heavy (non-hydrogen) atoms. The van der Waals surface area contributed by atoms with Crippen LogP contribution in [0.25, 0.3) is 10.8 Å². The molecule has 1 aliphatic heterocycles. The van der Waals surface area contributed by atoms with E-state index in [1.54, 1.807) is 24.4 Å². The fourth-order valence-electron chi connectivity index (χ4n) is 2.88. The topological polar surface area (TPSA) is 104 Å². The summed E-state index contributed by atoms with van der Waals surface area (Å²) in [5.41, 5.74) is 5.69. The highest BCUT2D eigenvalue weighted by Crippen LogP contribution is 2.30. The smallest absolute Gasteiger partial charge is 0.252 e. The summed E-state index contributed by atoms with van der Waals surface area (Å²) in [6.07, 6.45) is 2.34. The predicted molar refractivity (Wildman–Crippen MR) is 88.0 cm³/mol. The van der Waals surface area contributed by atoms with Crippen LogP contribution >= 0.6 is 0 Å². The van der Waals surface area contributed by atoms with Crippen molar-refractivity contribution in [2.24, 2.45) is 11.7 Å². The molecule has 1 aliphatic rings. The second-order valence-electron chi connectivity index (χ2n) is 5.91. The second kappa shape index (κ2) is 6.35. The molecule has 0 spiro atoms. The van der Waals surface area contributed by atoms with Crippen molar-refractivity contribution in [3.63, 3.8) is 0 Å². The summed E-state index contributed by atoms with van der Waals surface area (Å²) >= 11 is 0. The number of rotatable bonds is 5. The lowest BCUT2D eigenvalue weighted by Crippen LogP contribution is -2.31. The standard InChI is InChI=1S/C17H19N3O4/c1-9-5-11(20-16(9)22)8-24-17-12-7-14(23-2)13(15(18)21)6-10(12)3-4-19-17/h3-4,6-7,9,11H,5,8H2,1-2H3,(H2,18,21)(H,20,22)/t9?,11-/m0/s1. The van der Waals surface area contributed by atoms with Gasteiger partial charge in [0.05, 0.1) is 18.7 Å². The minimum absolute atomic E-state index is 0.00250. The lowest BCUT2D eigenvalue weighted by molar-refractivity contribution is -0.122. The van der Waals surface area contributed by atoms with Crippen molar-refractivity contribution >= 4 is 22.6 Å². The quantitative estimate of drug-likeness (QED) is 0.859. The molecule has 1 saturated heterocycles. The van der Waals surface area contributed by atoms with Gasteiger partial charge in [-0.2, -0.15) is 0 Å². The SMILES string of the molecule is COc1cc2c(OC[C@@H]3CC(C)C(=O)N3)nccc2cc1C(N)=O. The van der Waals surface area contributed by atoms with E-state index in [9.17, 15) is 9.59 Å². The van der Waals surface area contributed by atoms with Gasteiger partial charge in [-0.1, -0.05) is 6.92 Å². The number of nitrogens with two attached hydrogens (primary N) is 1. The van der Waals surface area contributed by atoms with Gasteiger partial charge >= 0.3 is 0 Å². The molecule has 0 bridgehead atoms. The van der Waals surface area contributed by atoms with E-state index in [-0.39, 0.29) is 17.9 Å². The van der Waals surface area contributed by atoms with E-state index in [0.717, 1.165) is 17.2 Å². The summed E-state index contributed by atoms with van der Waals surface area (Å²) < 4.78 is 11.0. The average Bonchev–Trinajstić information content (AvgIpc) is 2.89. The van der Waals surface area contributed by atoms with Gasteiger partial charge in [-0.05, 0) is 30.0 Å². The first kappa shape index (κ1) is 16.0. The molecule has 0 saturated carbocycles. The van der Waals surface area contributed by atoms with Crippen LogP contribution in [0.4, 0.5) is 0 Å². The number of benzene rings is 1. The van der Waals surface area contributed by atoms with Gasteiger partial charge in [0.15, 0.2) is 0 Å². The Balaban J connectivity index is 1.88. The summed E-state index contributed by atoms with van der Waals surface area (Å²) in [7, 11) is 1.47. The van der Waals surface area contributed by atoms with Crippen molar-refractivity contribution in [2.45, 2.75) is 19.4 Å². The maximum atomic E-state index is 11.6. The molecule has 7 nitrogen and oxygen atoms in total. The summed E-state index contributed by atoms with van der Waals surface area (Å²) in [4.78, 5) is 27.3. The third-order valence-corrected chi connectivity index (χ3v) is 4.17. The first-order chi connectivity index (χ1) is 11.5. The summed E-state index contributed by atoms with van der Waals surface area (Å²) in [6.45, 7) is 2.23. The first-order valence-corrected chi connectivity index (χ1v) is 7.69. The highest BCUT2D eigenvalue weighted by atomic mass is 16.5. The van der Waals surface area contributed by atoms with Crippen molar-refractivity contribution in [1.29, 1.82) is 0 Å². The molecule has 0 aliphatic carbocycles. The van der Waals surface area contributed by atoms with Crippen molar-refractivity contribution in [3.05, 3.63) is 30.0 Å². The number of methoxy groups -OCH3 is 1. The molecule has 1 unspecified atom stereocenters. The molecule has 2 heterocycles. The molecule has 2 atom stereocenters. The zero-order chi connectivity index (χ0) is 17.3. The minimum Gasteiger partial charge on any atom is -0.496 e. The van der Waals surface area contributed by atoms with Crippen LogP contribution in [0.15, 0.2) is 24.4 Å². The molecule has 3 N–H and O–H groups in total. The summed E-state index contributed by atoms with van der Waals surface area (Å²) in [6, 6.07) is 5.09. The Morgan fingerprint density at radius 3 is 2.88 bits per heavy atom. The Labute approximate surface area is 139 Å². The van der Waals surface area contributed by atoms with E-state index < -0.39 is 5.91 Å². The molecular formula is C17H19N3O4. The highest BCUT2D eigenvalue weighted by molar-refractivity contribution is 6.01. The van der Waals surface area contributed by atoms with Gasteiger partial charge in [0.1, 0.15) is 12.4 Å². The number of pyridine rings is 1. The van der Waals surface area contributed by atoms with Crippen molar-refractivity contribution in [1.82, 2.24) is 10.3 Å². The second-order valence-corrected chi connectivity index (χ2v) is 5.91. The highest BCUT2D eigenvalue weighted by Gasteiger charge is 2.28. The van der Waals surface area contributed by atoms with Crippen LogP contribution in [0.2, 0.25) is 0 Å². The van der Waals surface area contributed by atoms with Crippen LogP contribution in [0.1, 0.15) is 23.7 Å². The van der Waals surface area contributed by atoms with Crippen molar-refractivity contribution in [2.75, 3.05) is 13.7 Å². The minimum atomic E-state index is -0.560. The number of carbonyl (C=O) groups excluding carboxylic acids is 2. The summed E-state index contributed by atoms with van der Waals surface area (Å²) in [5.74, 6) is 0.279. The number of fused-ring (bicyclic) bond motifs is 1. The molecule has 126 valence electrons. The third-order valence-electron chi connectivity index (χ3n) is 4.17. The van der Waals surface area contributed by atoms with Crippen LogP contribution in [0.5, 0.6) is 11.6 Å². The molecule has 3 rings (SSSR count). The lowest BCUT2D eigenvalue weighted by atomic mass is 10.1. The van der Waals surface area contributed by atoms with Gasteiger partial charge in [-0.3, -0.25) is 9.59 Å². The Morgan fingerprint density at radius 1 is 1.46 bits per heavy atom. The molecule has 1 fully saturated rings. The molecule has 1 aromatic heterocycles. The van der Waals surface area contributed by atoms with E-state index in [0.29, 0.717) is 23.8 Å². The lowest BCUT2D eigenvalue weighted by Gasteiger charge is -2.14. The number of nitrogens with zero attached hydrogens (tertiary/aromatic N) is 1. The van der Waals surface area contributed by atoms with Crippen LogP contribution in [-0.2, 0) is 4.79 Å². The van der Waals surface area contributed by atoms with Crippen molar-refractivity contribution in [3.8, 4) is 11.6 Å². The number of ether oxygens (including phenoxy) is 2. The molecular weight excluding hydrogens is 310 g/mol. The number of hydrogen-bond donors (Lipinski definition) is 2. The zero-order valence-corrected chi connectivity index (χ0v) is 13.5. The fourth-order valence-corrected chi connectivity index (χ4v) is 2.88. The number of nitrogens with one attached hydrogen (secondary N) is 1. The Kier molecular flexibility index (Phi) is 4.24. The molecule has 2 amide bonds. The average molecular weight is 329 g/mol. The zero-order valence-electron chi connectivity index (χ0n) is 13.5. The monoisotopic (exact) mass is 329 g/mol.